The van der Waals surface area contributed by atoms with Gasteiger partial charge in [-0.3, -0.25) is 20.0 Å². The molecule has 124 valence electrons. The molecule has 2 fully saturated rings. The first-order valence-corrected chi connectivity index (χ1v) is 8.11. The van der Waals surface area contributed by atoms with Crippen LogP contribution in [0.3, 0.4) is 0 Å². The second-order valence-corrected chi connectivity index (χ2v) is 6.61. The third kappa shape index (κ3) is 3.61. The van der Waals surface area contributed by atoms with Crippen LogP contribution in [0.1, 0.15) is 31.4 Å². The van der Waals surface area contributed by atoms with Crippen LogP contribution in [0.5, 0.6) is 0 Å². The van der Waals surface area contributed by atoms with E-state index in [0.29, 0.717) is 30.2 Å². The molecule has 0 bridgehead atoms. The van der Waals surface area contributed by atoms with E-state index >= 15 is 0 Å². The molecule has 1 saturated heterocycles. The number of halogens is 1. The SMILES string of the molecule is CC(N=C1C([N+](=O)[O-])CN(C2CC2)CN1C)c1ccc(Cl)nc1. The molecule has 3 rings (SSSR count). The van der Waals surface area contributed by atoms with E-state index in [2.05, 4.69) is 14.9 Å². The van der Waals surface area contributed by atoms with Crippen molar-refractivity contribution >= 4 is 17.4 Å². The van der Waals surface area contributed by atoms with Gasteiger partial charge in [0, 0.05) is 24.2 Å². The van der Waals surface area contributed by atoms with Crippen molar-refractivity contribution in [1.29, 1.82) is 0 Å². The molecular formula is C15H20ClN5O2. The molecular weight excluding hydrogens is 318 g/mol. The van der Waals surface area contributed by atoms with E-state index in [9.17, 15) is 10.1 Å². The summed E-state index contributed by atoms with van der Waals surface area (Å²) in [5, 5.41) is 11.9. The minimum Gasteiger partial charge on any atom is -0.345 e. The van der Waals surface area contributed by atoms with E-state index in [4.69, 9.17) is 11.6 Å². The molecule has 0 amide bonds. The summed E-state index contributed by atoms with van der Waals surface area (Å²) in [6.07, 6.45) is 3.94. The molecule has 1 aromatic heterocycles. The molecule has 1 saturated carbocycles. The number of hydrogen-bond donors (Lipinski definition) is 0. The van der Waals surface area contributed by atoms with Crippen molar-refractivity contribution in [3.8, 4) is 0 Å². The predicted octanol–water partition coefficient (Wildman–Crippen LogP) is 2.21. The highest BCUT2D eigenvalue weighted by atomic mass is 35.5. The Morgan fingerprint density at radius 3 is 2.78 bits per heavy atom. The first kappa shape index (κ1) is 16.1. The van der Waals surface area contributed by atoms with Crippen molar-refractivity contribution in [2.24, 2.45) is 4.99 Å². The Morgan fingerprint density at radius 2 is 2.22 bits per heavy atom. The number of rotatable bonds is 4. The molecule has 2 aliphatic rings. The number of nitro groups is 1. The summed E-state index contributed by atoms with van der Waals surface area (Å²) in [4.78, 5) is 24.0. The number of amidine groups is 1. The highest BCUT2D eigenvalue weighted by molar-refractivity contribution is 6.29. The molecule has 1 aromatic rings. The molecule has 0 radical (unpaired) electrons. The van der Waals surface area contributed by atoms with Gasteiger partial charge in [-0.1, -0.05) is 17.7 Å². The number of aliphatic imine (C=N–C) groups is 1. The van der Waals surface area contributed by atoms with Crippen LogP contribution < -0.4 is 0 Å². The number of aromatic nitrogens is 1. The third-order valence-electron chi connectivity index (χ3n) is 4.37. The fourth-order valence-corrected chi connectivity index (χ4v) is 3.03. The Morgan fingerprint density at radius 1 is 1.48 bits per heavy atom. The molecule has 0 aromatic carbocycles. The highest BCUT2D eigenvalue weighted by Crippen LogP contribution is 2.30. The monoisotopic (exact) mass is 337 g/mol. The van der Waals surface area contributed by atoms with Crippen LogP contribution >= 0.6 is 11.6 Å². The summed E-state index contributed by atoms with van der Waals surface area (Å²) in [5.74, 6) is 0.536. The normalized spacial score (nSPS) is 25.6. The van der Waals surface area contributed by atoms with E-state index in [1.54, 1.807) is 12.3 Å². The average molecular weight is 338 g/mol. The van der Waals surface area contributed by atoms with Gasteiger partial charge in [-0.05, 0) is 31.4 Å². The smallest absolute Gasteiger partial charge is 0.281 e. The van der Waals surface area contributed by atoms with Gasteiger partial charge in [0.2, 0.25) is 0 Å². The lowest BCUT2D eigenvalue weighted by Crippen LogP contribution is -2.57. The molecule has 1 aliphatic heterocycles. The number of nitrogens with zero attached hydrogens (tertiary/aromatic N) is 5. The van der Waals surface area contributed by atoms with Gasteiger partial charge in [-0.25, -0.2) is 4.98 Å². The lowest BCUT2D eigenvalue weighted by molar-refractivity contribution is -0.507. The molecule has 2 heterocycles. The van der Waals surface area contributed by atoms with E-state index in [-0.39, 0.29) is 11.0 Å². The Bertz CT molecular complexity index is 617. The van der Waals surface area contributed by atoms with Crippen LogP contribution in [-0.2, 0) is 0 Å². The van der Waals surface area contributed by atoms with Crippen LogP contribution in [0.4, 0.5) is 0 Å². The molecule has 2 atom stereocenters. The quantitative estimate of drug-likeness (QED) is 0.478. The Kier molecular flexibility index (Phi) is 4.50. The minimum absolute atomic E-state index is 0.202. The Hall–Kier alpha value is -1.73. The van der Waals surface area contributed by atoms with Crippen LogP contribution in [-0.4, -0.2) is 57.9 Å². The van der Waals surface area contributed by atoms with Crippen LogP contribution in [0.25, 0.3) is 0 Å². The molecule has 2 unspecified atom stereocenters. The summed E-state index contributed by atoms with van der Waals surface area (Å²) >= 11 is 5.80. The first-order valence-electron chi connectivity index (χ1n) is 7.73. The first-order chi connectivity index (χ1) is 11.0. The molecule has 0 N–H and O–H groups in total. The fraction of sp³-hybridized carbons (Fsp3) is 0.600. The van der Waals surface area contributed by atoms with E-state index in [0.717, 1.165) is 18.4 Å². The lowest BCUT2D eigenvalue weighted by Gasteiger charge is -2.37. The molecule has 0 spiro atoms. The van der Waals surface area contributed by atoms with Crippen LogP contribution in [0, 0.1) is 10.1 Å². The number of pyridine rings is 1. The molecule has 7 nitrogen and oxygen atoms in total. The summed E-state index contributed by atoms with van der Waals surface area (Å²) in [5.41, 5.74) is 0.891. The number of hydrogen-bond acceptors (Lipinski definition) is 5. The zero-order chi connectivity index (χ0) is 16.6. The van der Waals surface area contributed by atoms with Crippen LogP contribution in [0.2, 0.25) is 5.15 Å². The molecule has 1 aliphatic carbocycles. The third-order valence-corrected chi connectivity index (χ3v) is 4.59. The molecule has 8 heteroatoms. The highest BCUT2D eigenvalue weighted by Gasteiger charge is 2.42. The lowest BCUT2D eigenvalue weighted by atomic mass is 10.1. The average Bonchev–Trinajstić information content (AvgIpc) is 3.34. The maximum absolute atomic E-state index is 11.5. The van der Waals surface area contributed by atoms with Crippen molar-refractivity contribution in [3.05, 3.63) is 39.2 Å². The van der Waals surface area contributed by atoms with Gasteiger partial charge in [-0.15, -0.1) is 0 Å². The maximum atomic E-state index is 11.5. The largest absolute Gasteiger partial charge is 0.345 e. The van der Waals surface area contributed by atoms with E-state index < -0.39 is 6.04 Å². The van der Waals surface area contributed by atoms with Crippen molar-refractivity contribution in [3.63, 3.8) is 0 Å². The van der Waals surface area contributed by atoms with E-state index in [1.165, 1.54) is 0 Å². The molecule has 23 heavy (non-hydrogen) atoms. The van der Waals surface area contributed by atoms with Gasteiger partial charge in [-0.2, -0.15) is 0 Å². The topological polar surface area (TPSA) is 74.9 Å². The second-order valence-electron chi connectivity index (χ2n) is 6.22. The van der Waals surface area contributed by atoms with Gasteiger partial charge in [0.15, 0.2) is 5.84 Å². The Labute approximate surface area is 140 Å². The van der Waals surface area contributed by atoms with Crippen molar-refractivity contribution in [2.75, 3.05) is 20.3 Å². The summed E-state index contributed by atoms with van der Waals surface area (Å²) < 4.78 is 0. The minimum atomic E-state index is -0.781. The zero-order valence-corrected chi connectivity index (χ0v) is 14.0. The summed E-state index contributed by atoms with van der Waals surface area (Å²) in [6, 6.07) is 3.08. The summed E-state index contributed by atoms with van der Waals surface area (Å²) in [7, 11) is 1.87. The van der Waals surface area contributed by atoms with Crippen molar-refractivity contribution in [1.82, 2.24) is 14.8 Å². The van der Waals surface area contributed by atoms with Gasteiger partial charge < -0.3 is 4.90 Å². The van der Waals surface area contributed by atoms with Gasteiger partial charge in [0.1, 0.15) is 5.15 Å². The standard InChI is InChI=1S/C15H20ClN5O2/c1-10(11-3-6-14(16)17-7-11)18-15-13(21(22)23)8-20(9-19(15)2)12-4-5-12/h3,6-7,10,12-13H,4-5,8-9H2,1-2H3. The van der Waals surface area contributed by atoms with Gasteiger partial charge >= 0.3 is 0 Å². The van der Waals surface area contributed by atoms with E-state index in [1.807, 2.05) is 24.9 Å². The van der Waals surface area contributed by atoms with Crippen molar-refractivity contribution in [2.45, 2.75) is 37.9 Å². The van der Waals surface area contributed by atoms with Gasteiger partial charge in [0.25, 0.3) is 6.04 Å². The fourth-order valence-electron chi connectivity index (χ4n) is 2.92. The zero-order valence-electron chi connectivity index (χ0n) is 13.2. The maximum Gasteiger partial charge on any atom is 0.281 e. The van der Waals surface area contributed by atoms with Gasteiger partial charge in [0.05, 0.1) is 19.3 Å². The number of likely N-dealkylation sites (N-methyl/N-ethyl adjacent to an activating group) is 1. The second kappa shape index (κ2) is 6.41. The van der Waals surface area contributed by atoms with Crippen molar-refractivity contribution < 1.29 is 4.92 Å². The summed E-state index contributed by atoms with van der Waals surface area (Å²) in [6.45, 7) is 3.04. The van der Waals surface area contributed by atoms with Crippen LogP contribution in [0.15, 0.2) is 23.3 Å². The Balaban J connectivity index is 1.82. The predicted molar refractivity (Wildman–Crippen MR) is 88.2 cm³/mol.